The van der Waals surface area contributed by atoms with Crippen molar-refractivity contribution in [3.05, 3.63) is 0 Å². The highest BCUT2D eigenvalue weighted by Crippen LogP contribution is 2.15. The Balaban J connectivity index is 2.21. The van der Waals surface area contributed by atoms with Crippen LogP contribution in [-0.2, 0) is 9.59 Å². The van der Waals surface area contributed by atoms with Gasteiger partial charge in [-0.1, -0.05) is 6.92 Å². The average molecular weight is 242 g/mol. The van der Waals surface area contributed by atoms with Gasteiger partial charge in [0.2, 0.25) is 5.91 Å². The van der Waals surface area contributed by atoms with Crippen LogP contribution in [0, 0.1) is 11.8 Å². The van der Waals surface area contributed by atoms with Crippen molar-refractivity contribution >= 4 is 11.9 Å². The van der Waals surface area contributed by atoms with Gasteiger partial charge >= 0.3 is 5.97 Å². The molecule has 2 N–H and O–H groups in total. The quantitative estimate of drug-likeness (QED) is 0.739. The van der Waals surface area contributed by atoms with Crippen LogP contribution in [0.2, 0.25) is 0 Å². The zero-order chi connectivity index (χ0) is 12.8. The molecule has 0 aromatic rings. The first-order valence-corrected chi connectivity index (χ1v) is 6.17. The Morgan fingerprint density at radius 3 is 2.53 bits per heavy atom. The number of carboxylic acids is 1. The molecular weight excluding hydrogens is 220 g/mol. The summed E-state index contributed by atoms with van der Waals surface area (Å²) in [5.74, 6) is -0.982. The Bertz CT molecular complexity index is 273. The van der Waals surface area contributed by atoms with Crippen LogP contribution in [0.4, 0.5) is 0 Å². The molecule has 1 fully saturated rings. The number of likely N-dealkylation sites (tertiary alicyclic amines) is 1. The molecule has 0 aromatic carbocycles. The van der Waals surface area contributed by atoms with Gasteiger partial charge in [-0.05, 0) is 38.9 Å². The topological polar surface area (TPSA) is 69.6 Å². The van der Waals surface area contributed by atoms with E-state index >= 15 is 0 Å². The fourth-order valence-corrected chi connectivity index (χ4v) is 2.04. The number of amides is 1. The SMILES string of the molecule is CC(CC(=O)O)C(=O)NCC1CCN(C)CC1. The molecular formula is C12H22N2O3. The van der Waals surface area contributed by atoms with Gasteiger partial charge in [-0.25, -0.2) is 0 Å². The molecule has 0 aromatic heterocycles. The minimum atomic E-state index is -0.924. The fraction of sp³-hybridized carbons (Fsp3) is 0.833. The van der Waals surface area contributed by atoms with E-state index in [0.29, 0.717) is 12.5 Å². The van der Waals surface area contributed by atoms with Crippen molar-refractivity contribution in [2.24, 2.45) is 11.8 Å². The van der Waals surface area contributed by atoms with Crippen LogP contribution in [0.25, 0.3) is 0 Å². The largest absolute Gasteiger partial charge is 0.481 e. The van der Waals surface area contributed by atoms with Gasteiger partial charge in [0.05, 0.1) is 6.42 Å². The molecule has 1 rings (SSSR count). The molecule has 1 aliphatic rings. The monoisotopic (exact) mass is 242 g/mol. The third kappa shape index (κ3) is 5.17. The molecule has 1 amide bonds. The minimum absolute atomic E-state index is 0.0980. The predicted octanol–water partition coefficient (Wildman–Crippen LogP) is 0.555. The summed E-state index contributed by atoms with van der Waals surface area (Å²) in [5, 5.41) is 11.4. The second-order valence-electron chi connectivity index (χ2n) is 4.99. The molecule has 1 aliphatic heterocycles. The number of piperidine rings is 1. The number of carboxylic acid groups (broad SMARTS) is 1. The summed E-state index contributed by atoms with van der Waals surface area (Å²) in [6, 6.07) is 0. The summed E-state index contributed by atoms with van der Waals surface area (Å²) in [7, 11) is 2.10. The lowest BCUT2D eigenvalue weighted by atomic mass is 9.97. The third-order valence-electron chi connectivity index (χ3n) is 3.33. The molecule has 1 unspecified atom stereocenters. The summed E-state index contributed by atoms with van der Waals surface area (Å²) in [6.07, 6.45) is 2.10. The number of carbonyl (C=O) groups is 2. The van der Waals surface area contributed by atoms with E-state index in [0.717, 1.165) is 25.9 Å². The maximum absolute atomic E-state index is 11.6. The molecule has 0 bridgehead atoms. The lowest BCUT2D eigenvalue weighted by molar-refractivity contribution is -0.140. The highest BCUT2D eigenvalue weighted by molar-refractivity contribution is 5.82. The molecule has 1 saturated heterocycles. The summed E-state index contributed by atoms with van der Waals surface area (Å²) in [5.41, 5.74) is 0. The number of nitrogens with zero attached hydrogens (tertiary/aromatic N) is 1. The minimum Gasteiger partial charge on any atom is -0.481 e. The second kappa shape index (κ2) is 6.59. The van der Waals surface area contributed by atoms with E-state index in [9.17, 15) is 9.59 Å². The molecule has 0 aliphatic carbocycles. The maximum Gasteiger partial charge on any atom is 0.304 e. The molecule has 1 atom stereocenters. The van der Waals surface area contributed by atoms with Gasteiger partial charge in [-0.3, -0.25) is 9.59 Å². The van der Waals surface area contributed by atoms with Crippen LogP contribution in [0.15, 0.2) is 0 Å². The number of hydrogen-bond acceptors (Lipinski definition) is 3. The van der Waals surface area contributed by atoms with Gasteiger partial charge in [-0.2, -0.15) is 0 Å². The van der Waals surface area contributed by atoms with Crippen molar-refractivity contribution in [2.75, 3.05) is 26.7 Å². The Morgan fingerprint density at radius 1 is 1.41 bits per heavy atom. The molecule has 5 heteroatoms. The van der Waals surface area contributed by atoms with E-state index in [1.165, 1.54) is 0 Å². The fourth-order valence-electron chi connectivity index (χ4n) is 2.04. The van der Waals surface area contributed by atoms with Gasteiger partial charge in [0.25, 0.3) is 0 Å². The van der Waals surface area contributed by atoms with E-state index in [1.807, 2.05) is 0 Å². The highest BCUT2D eigenvalue weighted by atomic mass is 16.4. The number of rotatable bonds is 5. The van der Waals surface area contributed by atoms with Crippen molar-refractivity contribution in [1.29, 1.82) is 0 Å². The first-order valence-electron chi connectivity index (χ1n) is 6.17. The molecule has 0 saturated carbocycles. The molecule has 1 heterocycles. The van der Waals surface area contributed by atoms with Crippen molar-refractivity contribution < 1.29 is 14.7 Å². The lowest BCUT2D eigenvalue weighted by Crippen LogP contribution is -2.38. The van der Waals surface area contributed by atoms with Crippen LogP contribution in [-0.4, -0.2) is 48.6 Å². The highest BCUT2D eigenvalue weighted by Gasteiger charge is 2.20. The Labute approximate surface area is 102 Å². The number of hydrogen-bond donors (Lipinski definition) is 2. The smallest absolute Gasteiger partial charge is 0.304 e. The zero-order valence-corrected chi connectivity index (χ0v) is 10.6. The normalized spacial score (nSPS) is 19.9. The average Bonchev–Trinajstić information content (AvgIpc) is 2.27. The summed E-state index contributed by atoms with van der Waals surface area (Å²) in [6.45, 7) is 4.48. The Morgan fingerprint density at radius 2 is 2.00 bits per heavy atom. The first-order chi connectivity index (χ1) is 7.99. The Hall–Kier alpha value is -1.10. The molecule has 98 valence electrons. The van der Waals surface area contributed by atoms with Gasteiger partial charge < -0.3 is 15.3 Å². The second-order valence-corrected chi connectivity index (χ2v) is 4.99. The molecule has 17 heavy (non-hydrogen) atoms. The Kier molecular flexibility index (Phi) is 5.41. The van der Waals surface area contributed by atoms with Gasteiger partial charge in [0, 0.05) is 12.5 Å². The van der Waals surface area contributed by atoms with Crippen LogP contribution >= 0.6 is 0 Å². The summed E-state index contributed by atoms with van der Waals surface area (Å²) < 4.78 is 0. The maximum atomic E-state index is 11.6. The van der Waals surface area contributed by atoms with Crippen molar-refractivity contribution in [1.82, 2.24) is 10.2 Å². The molecule has 5 nitrogen and oxygen atoms in total. The van der Waals surface area contributed by atoms with Gasteiger partial charge in [0.15, 0.2) is 0 Å². The molecule has 0 radical (unpaired) electrons. The lowest BCUT2D eigenvalue weighted by Gasteiger charge is -2.29. The number of nitrogens with one attached hydrogen (secondary N) is 1. The third-order valence-corrected chi connectivity index (χ3v) is 3.33. The van der Waals surface area contributed by atoms with E-state index in [2.05, 4.69) is 17.3 Å². The van der Waals surface area contributed by atoms with E-state index < -0.39 is 11.9 Å². The summed E-state index contributed by atoms with van der Waals surface area (Å²) in [4.78, 5) is 24.4. The van der Waals surface area contributed by atoms with Crippen molar-refractivity contribution in [3.63, 3.8) is 0 Å². The predicted molar refractivity (Wildman–Crippen MR) is 64.6 cm³/mol. The summed E-state index contributed by atoms with van der Waals surface area (Å²) >= 11 is 0. The number of carbonyl (C=O) groups excluding carboxylic acids is 1. The van der Waals surface area contributed by atoms with Crippen molar-refractivity contribution in [3.8, 4) is 0 Å². The van der Waals surface area contributed by atoms with Crippen LogP contribution in [0.1, 0.15) is 26.2 Å². The van der Waals surface area contributed by atoms with Crippen LogP contribution in [0.3, 0.4) is 0 Å². The van der Waals surface area contributed by atoms with Gasteiger partial charge in [-0.15, -0.1) is 0 Å². The zero-order valence-electron chi connectivity index (χ0n) is 10.6. The first kappa shape index (κ1) is 14.0. The van der Waals surface area contributed by atoms with Crippen molar-refractivity contribution in [2.45, 2.75) is 26.2 Å². The number of aliphatic carboxylic acids is 1. The van der Waals surface area contributed by atoms with E-state index in [1.54, 1.807) is 6.92 Å². The van der Waals surface area contributed by atoms with E-state index in [4.69, 9.17) is 5.11 Å². The van der Waals surface area contributed by atoms with Crippen LogP contribution < -0.4 is 5.32 Å². The molecule has 0 spiro atoms. The van der Waals surface area contributed by atoms with E-state index in [-0.39, 0.29) is 12.3 Å². The van der Waals surface area contributed by atoms with Gasteiger partial charge in [0.1, 0.15) is 0 Å². The van der Waals surface area contributed by atoms with Crippen LogP contribution in [0.5, 0.6) is 0 Å². The standard InChI is InChI=1S/C12H22N2O3/c1-9(7-11(15)16)12(17)13-8-10-3-5-14(2)6-4-10/h9-10H,3-8H2,1-2H3,(H,13,17)(H,15,16).